The zero-order valence-electron chi connectivity index (χ0n) is 10.6. The first-order valence-corrected chi connectivity index (χ1v) is 5.99. The summed E-state index contributed by atoms with van der Waals surface area (Å²) in [6, 6.07) is 3.82. The Morgan fingerprint density at radius 1 is 1.56 bits per heavy atom. The molecule has 0 aliphatic rings. The monoisotopic (exact) mass is 247 g/mol. The Morgan fingerprint density at radius 3 is 3.00 bits per heavy atom. The molecule has 0 saturated carbocycles. The Labute approximate surface area is 105 Å². The first-order chi connectivity index (χ1) is 8.65. The molecule has 5 nitrogen and oxygen atoms in total. The van der Waals surface area contributed by atoms with Crippen LogP contribution in [0.2, 0.25) is 0 Å². The van der Waals surface area contributed by atoms with Crippen molar-refractivity contribution >= 4 is 11.5 Å². The van der Waals surface area contributed by atoms with Crippen LogP contribution in [0.5, 0.6) is 0 Å². The quantitative estimate of drug-likeness (QED) is 0.786. The predicted octanol–water partition coefficient (Wildman–Crippen LogP) is 1.49. The van der Waals surface area contributed by atoms with Crippen LogP contribution in [0.3, 0.4) is 0 Å². The van der Waals surface area contributed by atoms with E-state index in [4.69, 9.17) is 0 Å². The van der Waals surface area contributed by atoms with E-state index >= 15 is 0 Å². The Hall–Kier alpha value is -1.88. The summed E-state index contributed by atoms with van der Waals surface area (Å²) in [4.78, 5) is 15.5. The summed E-state index contributed by atoms with van der Waals surface area (Å²) < 4.78 is 1.88. The van der Waals surface area contributed by atoms with Gasteiger partial charge in [-0.05, 0) is 38.6 Å². The molecule has 0 fully saturated rings. The molecule has 0 saturated heterocycles. The second-order valence-corrected chi connectivity index (χ2v) is 4.30. The van der Waals surface area contributed by atoms with E-state index in [0.717, 1.165) is 30.8 Å². The highest BCUT2D eigenvalue weighted by Gasteiger charge is 2.17. The summed E-state index contributed by atoms with van der Waals surface area (Å²) in [6.45, 7) is 2.80. The maximum absolute atomic E-state index is 11.2. The first-order valence-electron chi connectivity index (χ1n) is 5.99. The molecule has 5 heteroatoms. The van der Waals surface area contributed by atoms with Gasteiger partial charge < -0.3 is 14.8 Å². The van der Waals surface area contributed by atoms with Crippen LogP contribution in [0, 0.1) is 6.92 Å². The van der Waals surface area contributed by atoms with Crippen molar-refractivity contribution in [1.29, 1.82) is 0 Å². The molecule has 2 rings (SSSR count). The van der Waals surface area contributed by atoms with E-state index in [9.17, 15) is 9.90 Å². The average Bonchev–Trinajstić information content (AvgIpc) is 2.70. The Kier molecular flexibility index (Phi) is 3.62. The van der Waals surface area contributed by atoms with Crippen molar-refractivity contribution in [1.82, 2.24) is 14.7 Å². The number of carboxylic acids is 1. The summed E-state index contributed by atoms with van der Waals surface area (Å²) in [5.74, 6) is -0.164. The summed E-state index contributed by atoms with van der Waals surface area (Å²) in [5.41, 5.74) is 1.78. The third-order valence-corrected chi connectivity index (χ3v) is 2.97. The van der Waals surface area contributed by atoms with Crippen molar-refractivity contribution in [2.75, 3.05) is 13.6 Å². The smallest absolute Gasteiger partial charge is 0.356 e. The molecular formula is C13H17N3O2. The number of nitrogens with zero attached hydrogens (tertiary/aromatic N) is 2. The first kappa shape index (κ1) is 12.6. The Morgan fingerprint density at radius 2 is 2.33 bits per heavy atom. The fourth-order valence-corrected chi connectivity index (χ4v) is 2.12. The van der Waals surface area contributed by atoms with Gasteiger partial charge in [0.1, 0.15) is 5.82 Å². The largest absolute Gasteiger partial charge is 0.476 e. The zero-order chi connectivity index (χ0) is 13.1. The lowest BCUT2D eigenvalue weighted by molar-refractivity contribution is 0.0693. The number of hydrogen-bond donors (Lipinski definition) is 2. The molecule has 0 aromatic carbocycles. The van der Waals surface area contributed by atoms with Gasteiger partial charge in [0.2, 0.25) is 0 Å². The fourth-order valence-electron chi connectivity index (χ4n) is 2.12. The second kappa shape index (κ2) is 5.18. The number of rotatable bonds is 5. The molecule has 0 aliphatic heterocycles. The Balaban J connectivity index is 2.48. The van der Waals surface area contributed by atoms with Gasteiger partial charge in [-0.3, -0.25) is 0 Å². The van der Waals surface area contributed by atoms with E-state index in [-0.39, 0.29) is 5.69 Å². The number of nitrogens with one attached hydrogen (secondary N) is 1. The van der Waals surface area contributed by atoms with Crippen LogP contribution in [0.4, 0.5) is 0 Å². The number of carboxylic acid groups (broad SMARTS) is 1. The molecule has 0 radical (unpaired) electrons. The molecule has 2 N–H and O–H groups in total. The maximum atomic E-state index is 11.2. The van der Waals surface area contributed by atoms with Crippen molar-refractivity contribution in [2.24, 2.45) is 0 Å². The van der Waals surface area contributed by atoms with Crippen LogP contribution >= 0.6 is 0 Å². The molecule has 0 atom stereocenters. The summed E-state index contributed by atoms with van der Waals surface area (Å²) in [5, 5.41) is 12.3. The van der Waals surface area contributed by atoms with Crippen molar-refractivity contribution in [2.45, 2.75) is 19.8 Å². The van der Waals surface area contributed by atoms with Crippen LogP contribution in [-0.2, 0) is 6.42 Å². The number of hydrogen-bond acceptors (Lipinski definition) is 3. The minimum Gasteiger partial charge on any atom is -0.476 e. The van der Waals surface area contributed by atoms with E-state index in [0.29, 0.717) is 5.52 Å². The van der Waals surface area contributed by atoms with E-state index in [1.54, 1.807) is 0 Å². The lowest BCUT2D eigenvalue weighted by atomic mass is 10.2. The standard InChI is InChI=1S/C13H17N3O2/c1-9-5-4-8-16-10(6-3-7-14-2)15-11(12(9)16)13(17)18/h4-5,8,14H,3,6-7H2,1-2H3,(H,17,18). The van der Waals surface area contributed by atoms with Gasteiger partial charge in [-0.2, -0.15) is 0 Å². The predicted molar refractivity (Wildman–Crippen MR) is 69.1 cm³/mol. The van der Waals surface area contributed by atoms with E-state index < -0.39 is 5.97 Å². The van der Waals surface area contributed by atoms with E-state index in [1.807, 2.05) is 36.7 Å². The second-order valence-electron chi connectivity index (χ2n) is 4.30. The molecular weight excluding hydrogens is 230 g/mol. The molecule has 2 heterocycles. The van der Waals surface area contributed by atoms with Gasteiger partial charge >= 0.3 is 5.97 Å². The number of aromatic carboxylic acids is 1. The number of pyridine rings is 1. The lowest BCUT2D eigenvalue weighted by Crippen LogP contribution is -2.09. The third-order valence-electron chi connectivity index (χ3n) is 2.97. The zero-order valence-corrected chi connectivity index (χ0v) is 10.6. The normalized spacial score (nSPS) is 11.0. The highest BCUT2D eigenvalue weighted by Crippen LogP contribution is 2.18. The lowest BCUT2D eigenvalue weighted by Gasteiger charge is -2.02. The van der Waals surface area contributed by atoms with Crippen molar-refractivity contribution in [3.05, 3.63) is 35.4 Å². The molecule has 2 aromatic rings. The van der Waals surface area contributed by atoms with Gasteiger partial charge in [0.25, 0.3) is 0 Å². The third kappa shape index (κ3) is 2.22. The number of aryl methyl sites for hydroxylation is 2. The van der Waals surface area contributed by atoms with Crippen LogP contribution < -0.4 is 5.32 Å². The fraction of sp³-hybridized carbons (Fsp3) is 0.385. The summed E-state index contributed by atoms with van der Waals surface area (Å²) in [6.07, 6.45) is 3.57. The van der Waals surface area contributed by atoms with Crippen LogP contribution in [0.15, 0.2) is 18.3 Å². The van der Waals surface area contributed by atoms with Crippen molar-refractivity contribution in [3.8, 4) is 0 Å². The molecule has 0 amide bonds. The molecule has 0 aliphatic carbocycles. The topological polar surface area (TPSA) is 66.6 Å². The molecule has 0 spiro atoms. The number of imidazole rings is 1. The minimum atomic E-state index is -0.971. The summed E-state index contributed by atoms with van der Waals surface area (Å²) >= 11 is 0. The van der Waals surface area contributed by atoms with Gasteiger partial charge in [-0.25, -0.2) is 9.78 Å². The van der Waals surface area contributed by atoms with Gasteiger partial charge in [0, 0.05) is 12.6 Å². The SMILES string of the molecule is CNCCCc1nc(C(=O)O)c2c(C)cccn12. The average molecular weight is 247 g/mol. The molecule has 0 unspecified atom stereocenters. The van der Waals surface area contributed by atoms with Gasteiger partial charge in [0.05, 0.1) is 5.52 Å². The summed E-state index contributed by atoms with van der Waals surface area (Å²) in [7, 11) is 1.90. The number of aromatic nitrogens is 2. The van der Waals surface area contributed by atoms with Gasteiger partial charge in [0.15, 0.2) is 5.69 Å². The van der Waals surface area contributed by atoms with Gasteiger partial charge in [-0.1, -0.05) is 6.07 Å². The molecule has 96 valence electrons. The maximum Gasteiger partial charge on any atom is 0.356 e. The molecule has 2 aromatic heterocycles. The number of carbonyl (C=O) groups is 1. The number of fused-ring (bicyclic) bond motifs is 1. The van der Waals surface area contributed by atoms with Crippen molar-refractivity contribution in [3.63, 3.8) is 0 Å². The van der Waals surface area contributed by atoms with E-state index in [1.165, 1.54) is 0 Å². The van der Waals surface area contributed by atoms with Crippen LogP contribution in [-0.4, -0.2) is 34.1 Å². The van der Waals surface area contributed by atoms with Crippen molar-refractivity contribution < 1.29 is 9.90 Å². The molecule has 0 bridgehead atoms. The van der Waals surface area contributed by atoms with Crippen LogP contribution in [0.1, 0.15) is 28.3 Å². The highest BCUT2D eigenvalue weighted by molar-refractivity contribution is 5.94. The van der Waals surface area contributed by atoms with E-state index in [2.05, 4.69) is 10.3 Å². The minimum absolute atomic E-state index is 0.146. The van der Waals surface area contributed by atoms with Crippen LogP contribution in [0.25, 0.3) is 5.52 Å². The van der Waals surface area contributed by atoms with Gasteiger partial charge in [-0.15, -0.1) is 0 Å². The Bertz CT molecular complexity index is 575. The molecule has 18 heavy (non-hydrogen) atoms. The highest BCUT2D eigenvalue weighted by atomic mass is 16.4.